The first kappa shape index (κ1) is 11.0. The summed E-state index contributed by atoms with van der Waals surface area (Å²) in [5.41, 5.74) is 0. The number of aliphatic hydroxyl groups is 1. The van der Waals surface area contributed by atoms with Gasteiger partial charge in [-0.05, 0) is 32.2 Å². The van der Waals surface area contributed by atoms with Crippen LogP contribution in [0.25, 0.3) is 0 Å². The van der Waals surface area contributed by atoms with E-state index in [0.717, 1.165) is 12.5 Å². The first-order chi connectivity index (χ1) is 6.16. The Kier molecular flexibility index (Phi) is 4.20. The third kappa shape index (κ3) is 2.68. The molecule has 1 fully saturated rings. The zero-order valence-corrected chi connectivity index (χ0v) is 9.16. The smallest absolute Gasteiger partial charge is 0.104 e. The molecule has 0 saturated heterocycles. The second-order valence-electron chi connectivity index (χ2n) is 4.29. The molecule has 0 bridgehead atoms. The highest BCUT2D eigenvalue weighted by molar-refractivity contribution is 4.80. The summed E-state index contributed by atoms with van der Waals surface area (Å²) in [6.45, 7) is 7.29. The maximum atomic E-state index is 9.61. The monoisotopic (exact) mass is 185 g/mol. The largest absolute Gasteiger partial charge is 0.379 e. The Hall–Kier alpha value is -0.0800. The third-order valence-electron chi connectivity index (χ3n) is 3.34. The summed E-state index contributed by atoms with van der Waals surface area (Å²) >= 11 is 0. The van der Waals surface area contributed by atoms with Gasteiger partial charge >= 0.3 is 0 Å². The standard InChI is InChI=1S/C11H23NO/c1-4-12(10(3)13)11-8-6-5-7-9(11)2/h9-11,13H,4-8H2,1-3H3. The zero-order chi connectivity index (χ0) is 9.84. The van der Waals surface area contributed by atoms with E-state index in [4.69, 9.17) is 0 Å². The van der Waals surface area contributed by atoms with E-state index in [1.54, 1.807) is 0 Å². The molecule has 2 heteroatoms. The van der Waals surface area contributed by atoms with Crippen molar-refractivity contribution in [3.63, 3.8) is 0 Å². The minimum absolute atomic E-state index is 0.282. The summed E-state index contributed by atoms with van der Waals surface area (Å²) in [5.74, 6) is 0.753. The highest BCUT2D eigenvalue weighted by Crippen LogP contribution is 2.28. The van der Waals surface area contributed by atoms with Crippen molar-refractivity contribution in [2.24, 2.45) is 5.92 Å². The van der Waals surface area contributed by atoms with E-state index in [1.807, 2.05) is 6.92 Å². The molecule has 0 aromatic carbocycles. The maximum Gasteiger partial charge on any atom is 0.104 e. The van der Waals surface area contributed by atoms with Crippen molar-refractivity contribution in [2.75, 3.05) is 6.54 Å². The molecule has 78 valence electrons. The van der Waals surface area contributed by atoms with Crippen LogP contribution in [0.15, 0.2) is 0 Å². The summed E-state index contributed by atoms with van der Waals surface area (Å²) in [7, 11) is 0. The average molecular weight is 185 g/mol. The minimum atomic E-state index is -0.282. The Bertz CT molecular complexity index is 147. The summed E-state index contributed by atoms with van der Waals surface area (Å²) in [6, 6.07) is 0.610. The van der Waals surface area contributed by atoms with Gasteiger partial charge in [0.05, 0.1) is 0 Å². The second kappa shape index (κ2) is 4.97. The molecule has 3 atom stereocenters. The lowest BCUT2D eigenvalue weighted by atomic mass is 9.85. The highest BCUT2D eigenvalue weighted by atomic mass is 16.3. The van der Waals surface area contributed by atoms with Gasteiger partial charge in [0.25, 0.3) is 0 Å². The fraction of sp³-hybridized carbons (Fsp3) is 1.00. The molecule has 0 spiro atoms. The van der Waals surface area contributed by atoms with Crippen LogP contribution in [0.1, 0.15) is 46.5 Å². The number of hydrogen-bond acceptors (Lipinski definition) is 2. The van der Waals surface area contributed by atoms with Crippen LogP contribution in [-0.2, 0) is 0 Å². The molecule has 2 nitrogen and oxygen atoms in total. The van der Waals surface area contributed by atoms with E-state index < -0.39 is 0 Å². The van der Waals surface area contributed by atoms with E-state index in [0.29, 0.717) is 6.04 Å². The molecule has 0 heterocycles. The van der Waals surface area contributed by atoms with Gasteiger partial charge < -0.3 is 5.11 Å². The van der Waals surface area contributed by atoms with Crippen molar-refractivity contribution in [3.8, 4) is 0 Å². The average Bonchev–Trinajstić information content (AvgIpc) is 2.09. The quantitative estimate of drug-likeness (QED) is 0.682. The van der Waals surface area contributed by atoms with Crippen LogP contribution in [0, 0.1) is 5.92 Å². The van der Waals surface area contributed by atoms with E-state index >= 15 is 0 Å². The number of aliphatic hydroxyl groups excluding tert-OH is 1. The summed E-state index contributed by atoms with van der Waals surface area (Å²) in [6.07, 6.45) is 5.01. The van der Waals surface area contributed by atoms with Crippen molar-refractivity contribution in [2.45, 2.75) is 58.7 Å². The van der Waals surface area contributed by atoms with Gasteiger partial charge in [-0.25, -0.2) is 0 Å². The fourth-order valence-corrected chi connectivity index (χ4v) is 2.57. The van der Waals surface area contributed by atoms with Crippen molar-refractivity contribution >= 4 is 0 Å². The SMILES string of the molecule is CCN(C(C)O)C1CCCCC1C. The zero-order valence-electron chi connectivity index (χ0n) is 9.16. The fourth-order valence-electron chi connectivity index (χ4n) is 2.57. The first-order valence-electron chi connectivity index (χ1n) is 5.60. The molecule has 1 aliphatic carbocycles. The molecule has 0 aromatic heterocycles. The maximum absolute atomic E-state index is 9.61. The lowest BCUT2D eigenvalue weighted by molar-refractivity contribution is -0.0336. The van der Waals surface area contributed by atoms with Crippen molar-refractivity contribution < 1.29 is 5.11 Å². The third-order valence-corrected chi connectivity index (χ3v) is 3.34. The van der Waals surface area contributed by atoms with Crippen molar-refractivity contribution in [1.82, 2.24) is 4.90 Å². The van der Waals surface area contributed by atoms with Gasteiger partial charge in [0.15, 0.2) is 0 Å². The molecule has 13 heavy (non-hydrogen) atoms. The topological polar surface area (TPSA) is 23.5 Å². The summed E-state index contributed by atoms with van der Waals surface area (Å²) in [4.78, 5) is 2.23. The van der Waals surface area contributed by atoms with Gasteiger partial charge in [-0.2, -0.15) is 0 Å². The van der Waals surface area contributed by atoms with Gasteiger partial charge in [-0.3, -0.25) is 4.90 Å². The molecular weight excluding hydrogens is 162 g/mol. The molecular formula is C11H23NO. The van der Waals surface area contributed by atoms with Crippen LogP contribution >= 0.6 is 0 Å². The predicted molar refractivity (Wildman–Crippen MR) is 55.5 cm³/mol. The van der Waals surface area contributed by atoms with E-state index in [9.17, 15) is 5.11 Å². The highest BCUT2D eigenvalue weighted by Gasteiger charge is 2.28. The van der Waals surface area contributed by atoms with Crippen LogP contribution < -0.4 is 0 Å². The lowest BCUT2D eigenvalue weighted by Crippen LogP contribution is -2.46. The summed E-state index contributed by atoms with van der Waals surface area (Å²) < 4.78 is 0. The second-order valence-corrected chi connectivity index (χ2v) is 4.29. The number of hydrogen-bond donors (Lipinski definition) is 1. The van der Waals surface area contributed by atoms with Gasteiger partial charge in [0, 0.05) is 6.04 Å². The number of nitrogens with zero attached hydrogens (tertiary/aromatic N) is 1. The van der Waals surface area contributed by atoms with Gasteiger partial charge in [0.1, 0.15) is 6.23 Å². The first-order valence-corrected chi connectivity index (χ1v) is 5.60. The molecule has 0 radical (unpaired) electrons. The Balaban J connectivity index is 2.55. The van der Waals surface area contributed by atoms with E-state index in [2.05, 4.69) is 18.7 Å². The molecule has 1 saturated carbocycles. The molecule has 1 N–H and O–H groups in total. The van der Waals surface area contributed by atoms with Crippen LogP contribution in [0.2, 0.25) is 0 Å². The lowest BCUT2D eigenvalue weighted by Gasteiger charge is -2.39. The summed E-state index contributed by atoms with van der Waals surface area (Å²) in [5, 5.41) is 9.61. The Morgan fingerprint density at radius 2 is 2.00 bits per heavy atom. The van der Waals surface area contributed by atoms with Crippen molar-refractivity contribution in [1.29, 1.82) is 0 Å². The van der Waals surface area contributed by atoms with Gasteiger partial charge in [-0.15, -0.1) is 0 Å². The minimum Gasteiger partial charge on any atom is -0.379 e. The molecule has 0 aromatic rings. The van der Waals surface area contributed by atoms with Crippen molar-refractivity contribution in [3.05, 3.63) is 0 Å². The van der Waals surface area contributed by atoms with E-state index in [-0.39, 0.29) is 6.23 Å². The Morgan fingerprint density at radius 1 is 1.38 bits per heavy atom. The van der Waals surface area contributed by atoms with Crippen LogP contribution in [-0.4, -0.2) is 28.8 Å². The van der Waals surface area contributed by atoms with E-state index in [1.165, 1.54) is 25.7 Å². The van der Waals surface area contributed by atoms with Crippen LogP contribution in [0.3, 0.4) is 0 Å². The molecule has 3 unspecified atom stereocenters. The van der Waals surface area contributed by atoms with Crippen LogP contribution in [0.4, 0.5) is 0 Å². The normalized spacial score (nSPS) is 32.1. The van der Waals surface area contributed by atoms with Gasteiger partial charge in [-0.1, -0.05) is 26.7 Å². The number of rotatable bonds is 3. The molecule has 1 aliphatic rings. The van der Waals surface area contributed by atoms with Crippen LogP contribution in [0.5, 0.6) is 0 Å². The Morgan fingerprint density at radius 3 is 2.46 bits per heavy atom. The molecule has 1 rings (SSSR count). The molecule has 0 aliphatic heterocycles. The Labute approximate surface area is 81.9 Å². The molecule has 0 amide bonds. The van der Waals surface area contributed by atoms with Gasteiger partial charge in [0.2, 0.25) is 0 Å². The predicted octanol–water partition coefficient (Wildman–Crippen LogP) is 2.23.